The highest BCUT2D eigenvalue weighted by atomic mass is 16.4. The van der Waals surface area contributed by atoms with E-state index in [-0.39, 0.29) is 11.8 Å². The predicted molar refractivity (Wildman–Crippen MR) is 93.9 cm³/mol. The largest absolute Gasteiger partial charge is 0.478 e. The Kier molecular flexibility index (Phi) is 4.88. The molecule has 0 spiro atoms. The quantitative estimate of drug-likeness (QED) is 0.907. The normalized spacial score (nSPS) is 17.0. The number of carboxylic acid groups (broad SMARTS) is 1. The van der Waals surface area contributed by atoms with Crippen LogP contribution in [0.2, 0.25) is 0 Å². The number of aromatic carboxylic acids is 1. The maximum atomic E-state index is 12.8. The van der Waals surface area contributed by atoms with Crippen LogP contribution in [-0.4, -0.2) is 44.8 Å². The second-order valence-electron chi connectivity index (χ2n) is 6.50. The third-order valence-electron chi connectivity index (χ3n) is 4.88. The van der Waals surface area contributed by atoms with Gasteiger partial charge in [-0.25, -0.2) is 4.79 Å². The van der Waals surface area contributed by atoms with Crippen molar-refractivity contribution in [2.45, 2.75) is 39.2 Å². The molecule has 0 saturated carbocycles. The highest BCUT2D eigenvalue weighted by Crippen LogP contribution is 2.30. The van der Waals surface area contributed by atoms with Crippen molar-refractivity contribution in [3.8, 4) is 0 Å². The van der Waals surface area contributed by atoms with Crippen LogP contribution < -0.4 is 0 Å². The standard InChI is InChI=1S/C19H23N3O3/c1-3-9-22-13(2)17(11-20-22)18(23)21-10-8-14(12-21)15-6-4-5-7-16(15)19(24)25/h4-7,11,14H,3,8-10,12H2,1-2H3,(H,24,25)/t14-/m0/s1. The topological polar surface area (TPSA) is 75.4 Å². The number of likely N-dealkylation sites (tertiary alicyclic amines) is 1. The van der Waals surface area contributed by atoms with E-state index >= 15 is 0 Å². The predicted octanol–water partition coefficient (Wildman–Crippen LogP) is 2.93. The smallest absolute Gasteiger partial charge is 0.335 e. The molecule has 1 fully saturated rings. The fraction of sp³-hybridized carbons (Fsp3) is 0.421. The van der Waals surface area contributed by atoms with Crippen molar-refractivity contribution < 1.29 is 14.7 Å². The van der Waals surface area contributed by atoms with Gasteiger partial charge in [0, 0.05) is 31.2 Å². The lowest BCUT2D eigenvalue weighted by atomic mass is 9.93. The van der Waals surface area contributed by atoms with E-state index in [1.54, 1.807) is 18.3 Å². The van der Waals surface area contributed by atoms with E-state index in [2.05, 4.69) is 12.0 Å². The molecule has 1 aliphatic rings. The van der Waals surface area contributed by atoms with E-state index in [1.807, 2.05) is 28.6 Å². The van der Waals surface area contributed by atoms with Crippen LogP contribution in [0.1, 0.15) is 57.7 Å². The van der Waals surface area contributed by atoms with E-state index in [1.165, 1.54) is 0 Å². The van der Waals surface area contributed by atoms with Gasteiger partial charge in [0.05, 0.1) is 17.3 Å². The molecule has 1 atom stereocenters. The Labute approximate surface area is 147 Å². The Morgan fingerprint density at radius 2 is 2.04 bits per heavy atom. The van der Waals surface area contributed by atoms with E-state index in [0.29, 0.717) is 24.2 Å². The summed E-state index contributed by atoms with van der Waals surface area (Å²) in [5, 5.41) is 13.7. The minimum Gasteiger partial charge on any atom is -0.478 e. The van der Waals surface area contributed by atoms with E-state index in [4.69, 9.17) is 0 Å². The molecule has 1 amide bonds. The van der Waals surface area contributed by atoms with Crippen molar-refractivity contribution >= 4 is 11.9 Å². The fourth-order valence-electron chi connectivity index (χ4n) is 3.51. The molecule has 3 rings (SSSR count). The number of carbonyl (C=O) groups excluding carboxylic acids is 1. The SMILES string of the molecule is CCCn1ncc(C(=O)N2CC[C@H](c3ccccc3C(=O)O)C2)c1C. The Bertz CT molecular complexity index is 797. The molecular weight excluding hydrogens is 318 g/mol. The molecule has 132 valence electrons. The lowest BCUT2D eigenvalue weighted by Crippen LogP contribution is -2.29. The lowest BCUT2D eigenvalue weighted by molar-refractivity contribution is 0.0695. The van der Waals surface area contributed by atoms with Gasteiger partial charge in [-0.15, -0.1) is 0 Å². The summed E-state index contributed by atoms with van der Waals surface area (Å²) in [5.74, 6) is -0.880. The number of hydrogen-bond donors (Lipinski definition) is 1. The molecule has 1 saturated heterocycles. The molecule has 0 aliphatic carbocycles. The highest BCUT2D eigenvalue weighted by molar-refractivity contribution is 5.95. The average molecular weight is 341 g/mol. The summed E-state index contributed by atoms with van der Waals surface area (Å²) in [6.07, 6.45) is 3.39. The highest BCUT2D eigenvalue weighted by Gasteiger charge is 2.31. The number of carbonyl (C=O) groups is 2. The lowest BCUT2D eigenvalue weighted by Gasteiger charge is -2.17. The van der Waals surface area contributed by atoms with E-state index < -0.39 is 5.97 Å². The maximum absolute atomic E-state index is 12.8. The zero-order chi connectivity index (χ0) is 18.0. The van der Waals surface area contributed by atoms with Crippen molar-refractivity contribution in [2.75, 3.05) is 13.1 Å². The van der Waals surface area contributed by atoms with Gasteiger partial charge in [-0.3, -0.25) is 9.48 Å². The van der Waals surface area contributed by atoms with Gasteiger partial charge in [0.25, 0.3) is 5.91 Å². The number of benzene rings is 1. The van der Waals surface area contributed by atoms with Gasteiger partial charge < -0.3 is 10.0 Å². The van der Waals surface area contributed by atoms with Crippen LogP contribution in [0.15, 0.2) is 30.5 Å². The summed E-state index contributed by atoms with van der Waals surface area (Å²) >= 11 is 0. The number of aryl methyl sites for hydroxylation is 1. The number of aromatic nitrogens is 2. The van der Waals surface area contributed by atoms with Gasteiger partial charge >= 0.3 is 5.97 Å². The van der Waals surface area contributed by atoms with Gasteiger partial charge in [0.15, 0.2) is 0 Å². The van der Waals surface area contributed by atoms with Crippen LogP contribution in [0.4, 0.5) is 0 Å². The maximum Gasteiger partial charge on any atom is 0.335 e. The average Bonchev–Trinajstić information content (AvgIpc) is 3.23. The summed E-state index contributed by atoms with van der Waals surface area (Å²) in [5.41, 5.74) is 2.67. The molecule has 6 heteroatoms. The first kappa shape index (κ1) is 17.2. The van der Waals surface area contributed by atoms with Crippen LogP contribution in [-0.2, 0) is 6.54 Å². The van der Waals surface area contributed by atoms with Crippen molar-refractivity contribution in [3.05, 3.63) is 52.8 Å². The molecule has 2 heterocycles. The summed E-state index contributed by atoms with van der Waals surface area (Å²) in [7, 11) is 0. The van der Waals surface area contributed by atoms with Crippen LogP contribution in [0.25, 0.3) is 0 Å². The number of amides is 1. The van der Waals surface area contributed by atoms with Crippen molar-refractivity contribution in [1.82, 2.24) is 14.7 Å². The number of hydrogen-bond acceptors (Lipinski definition) is 3. The molecule has 0 unspecified atom stereocenters. The van der Waals surface area contributed by atoms with Gasteiger partial charge in [0.1, 0.15) is 0 Å². The molecule has 0 bridgehead atoms. The summed E-state index contributed by atoms with van der Waals surface area (Å²) < 4.78 is 1.86. The van der Waals surface area contributed by atoms with Crippen LogP contribution >= 0.6 is 0 Å². The zero-order valence-corrected chi connectivity index (χ0v) is 14.6. The van der Waals surface area contributed by atoms with Crippen molar-refractivity contribution in [2.24, 2.45) is 0 Å². The molecule has 1 aliphatic heterocycles. The van der Waals surface area contributed by atoms with Crippen molar-refractivity contribution in [1.29, 1.82) is 0 Å². The fourth-order valence-corrected chi connectivity index (χ4v) is 3.51. The molecule has 0 radical (unpaired) electrons. The third kappa shape index (κ3) is 3.29. The van der Waals surface area contributed by atoms with Gasteiger partial charge in [-0.2, -0.15) is 5.10 Å². The molecule has 25 heavy (non-hydrogen) atoms. The summed E-state index contributed by atoms with van der Waals surface area (Å²) in [6, 6.07) is 7.06. The molecule has 6 nitrogen and oxygen atoms in total. The third-order valence-corrected chi connectivity index (χ3v) is 4.88. The first-order chi connectivity index (χ1) is 12.0. The number of carboxylic acids is 1. The second-order valence-corrected chi connectivity index (χ2v) is 6.50. The minimum atomic E-state index is -0.919. The summed E-state index contributed by atoms with van der Waals surface area (Å²) in [6.45, 7) is 5.97. The van der Waals surface area contributed by atoms with E-state index in [9.17, 15) is 14.7 Å². The first-order valence-corrected chi connectivity index (χ1v) is 8.66. The Morgan fingerprint density at radius 3 is 2.76 bits per heavy atom. The van der Waals surface area contributed by atoms with Gasteiger partial charge in [0.2, 0.25) is 0 Å². The summed E-state index contributed by atoms with van der Waals surface area (Å²) in [4.78, 5) is 26.1. The number of rotatable bonds is 5. The van der Waals surface area contributed by atoms with Crippen LogP contribution in [0, 0.1) is 6.92 Å². The van der Waals surface area contributed by atoms with Gasteiger partial charge in [-0.05, 0) is 31.4 Å². The molecule has 1 aromatic heterocycles. The Morgan fingerprint density at radius 1 is 1.28 bits per heavy atom. The Hall–Kier alpha value is -2.63. The molecular formula is C19H23N3O3. The van der Waals surface area contributed by atoms with Gasteiger partial charge in [-0.1, -0.05) is 25.1 Å². The minimum absolute atomic E-state index is 0.0184. The molecule has 1 N–H and O–H groups in total. The second kappa shape index (κ2) is 7.09. The first-order valence-electron chi connectivity index (χ1n) is 8.66. The van der Waals surface area contributed by atoms with Crippen LogP contribution in [0.5, 0.6) is 0 Å². The number of nitrogens with zero attached hydrogens (tertiary/aromatic N) is 3. The Balaban J connectivity index is 1.77. The monoisotopic (exact) mass is 341 g/mol. The molecule has 2 aromatic rings. The molecule has 1 aromatic carbocycles. The van der Waals surface area contributed by atoms with E-state index in [0.717, 1.165) is 30.6 Å². The van der Waals surface area contributed by atoms with Crippen molar-refractivity contribution in [3.63, 3.8) is 0 Å². The van der Waals surface area contributed by atoms with Crippen LogP contribution in [0.3, 0.4) is 0 Å². The zero-order valence-electron chi connectivity index (χ0n) is 14.6.